The SMILES string of the molecule is CCCOc1c[c]ccc1F. The number of benzene rings is 1. The molecule has 0 heterocycles. The van der Waals surface area contributed by atoms with Crippen molar-refractivity contribution in [2.75, 3.05) is 6.61 Å². The van der Waals surface area contributed by atoms with Crippen LogP contribution in [-0.4, -0.2) is 6.61 Å². The Bertz CT molecular complexity index is 223. The Kier molecular flexibility index (Phi) is 2.90. The molecule has 2 heteroatoms. The average molecular weight is 153 g/mol. The molecule has 1 nitrogen and oxygen atoms in total. The molecule has 0 aliphatic heterocycles. The molecule has 0 atom stereocenters. The number of hydrogen-bond acceptors (Lipinski definition) is 1. The van der Waals surface area contributed by atoms with E-state index in [-0.39, 0.29) is 11.6 Å². The van der Waals surface area contributed by atoms with Gasteiger partial charge in [-0.15, -0.1) is 0 Å². The van der Waals surface area contributed by atoms with Crippen molar-refractivity contribution in [1.29, 1.82) is 0 Å². The number of halogens is 1. The zero-order chi connectivity index (χ0) is 8.10. The van der Waals surface area contributed by atoms with Crippen LogP contribution in [0.25, 0.3) is 0 Å². The van der Waals surface area contributed by atoms with E-state index >= 15 is 0 Å². The molecule has 0 saturated carbocycles. The molecule has 0 aromatic heterocycles. The molecular weight excluding hydrogens is 143 g/mol. The van der Waals surface area contributed by atoms with Crippen molar-refractivity contribution in [2.45, 2.75) is 13.3 Å². The van der Waals surface area contributed by atoms with Crippen LogP contribution in [0.15, 0.2) is 18.2 Å². The van der Waals surface area contributed by atoms with Gasteiger partial charge in [0.05, 0.1) is 6.61 Å². The zero-order valence-corrected chi connectivity index (χ0v) is 6.43. The molecule has 1 aromatic carbocycles. The van der Waals surface area contributed by atoms with E-state index in [9.17, 15) is 4.39 Å². The second-order valence-corrected chi connectivity index (χ2v) is 2.20. The molecule has 1 radical (unpaired) electrons. The summed E-state index contributed by atoms with van der Waals surface area (Å²) in [6, 6.07) is 7.11. The van der Waals surface area contributed by atoms with Crippen LogP contribution in [0, 0.1) is 11.9 Å². The Balaban J connectivity index is 2.62. The number of hydrogen-bond donors (Lipinski definition) is 0. The first-order valence-electron chi connectivity index (χ1n) is 3.63. The molecule has 0 N–H and O–H groups in total. The summed E-state index contributed by atoms with van der Waals surface area (Å²) in [5, 5.41) is 0. The van der Waals surface area contributed by atoms with E-state index in [0.29, 0.717) is 6.61 Å². The van der Waals surface area contributed by atoms with Gasteiger partial charge < -0.3 is 4.74 Å². The lowest BCUT2D eigenvalue weighted by molar-refractivity contribution is 0.301. The third-order valence-electron chi connectivity index (χ3n) is 1.24. The number of ether oxygens (including phenoxy) is 1. The highest BCUT2D eigenvalue weighted by molar-refractivity contribution is 5.22. The minimum Gasteiger partial charge on any atom is -0.491 e. The number of rotatable bonds is 3. The van der Waals surface area contributed by atoms with E-state index in [1.807, 2.05) is 6.92 Å². The second-order valence-electron chi connectivity index (χ2n) is 2.20. The van der Waals surface area contributed by atoms with Crippen LogP contribution in [0.5, 0.6) is 5.75 Å². The van der Waals surface area contributed by atoms with Crippen molar-refractivity contribution in [2.24, 2.45) is 0 Å². The lowest BCUT2D eigenvalue weighted by atomic mass is 10.3. The smallest absolute Gasteiger partial charge is 0.165 e. The van der Waals surface area contributed by atoms with Crippen LogP contribution < -0.4 is 4.74 Å². The fourth-order valence-electron chi connectivity index (χ4n) is 0.719. The van der Waals surface area contributed by atoms with Crippen LogP contribution in [0.4, 0.5) is 4.39 Å². The lowest BCUT2D eigenvalue weighted by Gasteiger charge is -2.03. The quantitative estimate of drug-likeness (QED) is 0.648. The average Bonchev–Trinajstić information content (AvgIpc) is 2.03. The topological polar surface area (TPSA) is 9.23 Å². The predicted octanol–water partition coefficient (Wildman–Crippen LogP) is 2.41. The maximum atomic E-state index is 12.8. The molecule has 0 bridgehead atoms. The second kappa shape index (κ2) is 3.96. The van der Waals surface area contributed by atoms with Gasteiger partial charge in [-0.25, -0.2) is 4.39 Å². The standard InChI is InChI=1S/C9H10FO/c1-2-7-11-9-6-4-3-5-8(9)10/h3,5-6H,2,7H2,1H3. The summed E-state index contributed by atoms with van der Waals surface area (Å²) in [6.07, 6.45) is 0.883. The van der Waals surface area contributed by atoms with Gasteiger partial charge in [0.1, 0.15) is 0 Å². The van der Waals surface area contributed by atoms with Gasteiger partial charge in [0.15, 0.2) is 11.6 Å². The summed E-state index contributed by atoms with van der Waals surface area (Å²) in [7, 11) is 0. The van der Waals surface area contributed by atoms with Crippen LogP contribution in [0.3, 0.4) is 0 Å². The first-order valence-corrected chi connectivity index (χ1v) is 3.63. The van der Waals surface area contributed by atoms with Crippen molar-refractivity contribution in [3.63, 3.8) is 0 Å². The van der Waals surface area contributed by atoms with Gasteiger partial charge in [-0.1, -0.05) is 13.0 Å². The summed E-state index contributed by atoms with van der Waals surface area (Å²) in [6.45, 7) is 2.53. The van der Waals surface area contributed by atoms with Crippen LogP contribution in [0.2, 0.25) is 0 Å². The van der Waals surface area contributed by atoms with E-state index < -0.39 is 0 Å². The molecule has 0 spiro atoms. The Morgan fingerprint density at radius 2 is 2.45 bits per heavy atom. The third kappa shape index (κ3) is 2.22. The first kappa shape index (κ1) is 8.05. The minimum absolute atomic E-state index is 0.286. The van der Waals surface area contributed by atoms with Crippen LogP contribution >= 0.6 is 0 Å². The summed E-state index contributed by atoms with van der Waals surface area (Å²) >= 11 is 0. The molecule has 0 fully saturated rings. The van der Waals surface area contributed by atoms with Gasteiger partial charge in [0.25, 0.3) is 0 Å². The van der Waals surface area contributed by atoms with E-state index in [1.54, 1.807) is 0 Å². The Hall–Kier alpha value is -1.05. The molecular formula is C9H10FO. The zero-order valence-electron chi connectivity index (χ0n) is 6.43. The van der Waals surface area contributed by atoms with Crippen molar-refractivity contribution >= 4 is 0 Å². The van der Waals surface area contributed by atoms with E-state index in [2.05, 4.69) is 6.07 Å². The summed E-state index contributed by atoms with van der Waals surface area (Å²) < 4.78 is 17.8. The van der Waals surface area contributed by atoms with Crippen LogP contribution in [0.1, 0.15) is 13.3 Å². The molecule has 0 aliphatic carbocycles. The molecule has 11 heavy (non-hydrogen) atoms. The van der Waals surface area contributed by atoms with Gasteiger partial charge in [-0.05, 0) is 24.6 Å². The highest BCUT2D eigenvalue weighted by atomic mass is 19.1. The normalized spacial score (nSPS) is 9.64. The fourth-order valence-corrected chi connectivity index (χ4v) is 0.719. The van der Waals surface area contributed by atoms with E-state index in [4.69, 9.17) is 4.74 Å². The molecule has 1 aromatic rings. The molecule has 59 valence electrons. The van der Waals surface area contributed by atoms with Gasteiger partial charge in [-0.2, -0.15) is 0 Å². The summed E-state index contributed by atoms with van der Waals surface area (Å²) in [4.78, 5) is 0. The Labute approximate surface area is 65.8 Å². The maximum absolute atomic E-state index is 12.8. The minimum atomic E-state index is -0.322. The van der Waals surface area contributed by atoms with Crippen molar-refractivity contribution in [3.05, 3.63) is 30.1 Å². The molecule has 0 aliphatic rings. The largest absolute Gasteiger partial charge is 0.491 e. The predicted molar refractivity (Wildman–Crippen MR) is 41.0 cm³/mol. The van der Waals surface area contributed by atoms with Crippen LogP contribution in [-0.2, 0) is 0 Å². The first-order chi connectivity index (χ1) is 5.34. The fraction of sp³-hybridized carbons (Fsp3) is 0.333. The van der Waals surface area contributed by atoms with Gasteiger partial charge >= 0.3 is 0 Å². The van der Waals surface area contributed by atoms with Gasteiger partial charge in [0, 0.05) is 0 Å². The van der Waals surface area contributed by atoms with Crippen molar-refractivity contribution in [1.82, 2.24) is 0 Å². The van der Waals surface area contributed by atoms with Crippen molar-refractivity contribution < 1.29 is 9.13 Å². The van der Waals surface area contributed by atoms with E-state index in [0.717, 1.165) is 6.42 Å². The van der Waals surface area contributed by atoms with Gasteiger partial charge in [0.2, 0.25) is 0 Å². The Morgan fingerprint density at radius 3 is 3.09 bits per heavy atom. The highest BCUT2D eigenvalue weighted by Crippen LogP contribution is 2.14. The summed E-state index contributed by atoms with van der Waals surface area (Å²) in [5.41, 5.74) is 0. The molecule has 0 saturated heterocycles. The molecule has 0 amide bonds. The van der Waals surface area contributed by atoms with Gasteiger partial charge in [-0.3, -0.25) is 0 Å². The third-order valence-corrected chi connectivity index (χ3v) is 1.24. The Morgan fingerprint density at radius 1 is 1.64 bits per heavy atom. The molecule has 0 unspecified atom stereocenters. The highest BCUT2D eigenvalue weighted by Gasteiger charge is 1.98. The maximum Gasteiger partial charge on any atom is 0.165 e. The molecule has 1 rings (SSSR count). The lowest BCUT2D eigenvalue weighted by Crippen LogP contribution is -1.96. The van der Waals surface area contributed by atoms with Crippen molar-refractivity contribution in [3.8, 4) is 5.75 Å². The summed E-state index contributed by atoms with van der Waals surface area (Å²) in [5.74, 6) is -0.0356. The monoisotopic (exact) mass is 153 g/mol. The van der Waals surface area contributed by atoms with E-state index in [1.165, 1.54) is 18.2 Å².